The van der Waals surface area contributed by atoms with Gasteiger partial charge < -0.3 is 0 Å². The Morgan fingerprint density at radius 1 is 0.931 bits per heavy atom. The number of hydrogen-bond acceptors (Lipinski definition) is 1. The van der Waals surface area contributed by atoms with Crippen LogP contribution in [0, 0.1) is 63.6 Å². The third-order valence-corrected chi connectivity index (χ3v) is 11.8. The zero-order valence-electron chi connectivity index (χ0n) is 19.8. The monoisotopic (exact) mass is 396 g/mol. The van der Waals surface area contributed by atoms with Crippen LogP contribution in [0.5, 0.6) is 0 Å². The molecule has 0 N–H and O–H groups in total. The summed E-state index contributed by atoms with van der Waals surface area (Å²) in [5.74, 6) is 6.63. The Morgan fingerprint density at radius 2 is 1.69 bits per heavy atom. The molecule has 1 nitrogen and oxygen atoms in total. The molecule has 29 heavy (non-hydrogen) atoms. The average Bonchev–Trinajstić information content (AvgIpc) is 3.20. The lowest BCUT2D eigenvalue weighted by Crippen LogP contribution is -2.55. The first-order valence-electron chi connectivity index (χ1n) is 12.9. The highest BCUT2D eigenvalue weighted by atomic mass is 16.1. The van der Waals surface area contributed by atoms with Crippen molar-refractivity contribution in [1.29, 1.82) is 0 Å². The second-order valence-corrected chi connectivity index (χ2v) is 12.9. The zero-order valence-corrected chi connectivity index (χ0v) is 19.8. The molecular formula is C28H44O. The van der Waals surface area contributed by atoms with Gasteiger partial charge >= 0.3 is 0 Å². The van der Waals surface area contributed by atoms with Crippen molar-refractivity contribution in [2.75, 3.05) is 0 Å². The van der Waals surface area contributed by atoms with Gasteiger partial charge in [-0.3, -0.25) is 4.79 Å². The summed E-state index contributed by atoms with van der Waals surface area (Å²) >= 11 is 0. The lowest BCUT2D eigenvalue weighted by Gasteiger charge is -2.58. The fraction of sp³-hybridized carbons (Fsp3) is 0.893. The molecular weight excluding hydrogens is 352 g/mol. The topological polar surface area (TPSA) is 17.1 Å². The van der Waals surface area contributed by atoms with Gasteiger partial charge in [0.1, 0.15) is 5.78 Å². The van der Waals surface area contributed by atoms with Gasteiger partial charge in [-0.2, -0.15) is 0 Å². The van der Waals surface area contributed by atoms with E-state index in [1.807, 2.05) is 0 Å². The molecule has 1 spiro atoms. The second kappa shape index (κ2) is 6.46. The van der Waals surface area contributed by atoms with E-state index in [0.29, 0.717) is 34.4 Å². The van der Waals surface area contributed by atoms with E-state index in [4.69, 9.17) is 0 Å². The first kappa shape index (κ1) is 20.3. The molecule has 0 bridgehead atoms. The molecule has 0 aromatic heterocycles. The molecule has 0 unspecified atom stereocenters. The maximum Gasteiger partial charge on any atom is 0.140 e. The number of rotatable bonds is 4. The fourth-order valence-corrected chi connectivity index (χ4v) is 9.62. The molecule has 0 radical (unpaired) electrons. The molecule has 0 amide bonds. The summed E-state index contributed by atoms with van der Waals surface area (Å²) in [6.07, 6.45) is 15.4. The van der Waals surface area contributed by atoms with Crippen molar-refractivity contribution in [2.45, 2.75) is 92.9 Å². The number of fused-ring (bicyclic) bond motifs is 4. The number of carbonyl (C=O) groups is 1. The number of hydrogen-bond donors (Lipinski definition) is 0. The van der Waals surface area contributed by atoms with E-state index in [1.165, 1.54) is 44.9 Å². The SMILES string of the molecule is CC(C)[C@@H](C)/C=C/[C@@H](C)[C@H]1CC[C@H]2[C@@H]3CC(=O)[C@]45C[C@@H]4CC[C@]5(C)[C@H]3CC[C@]12C. The van der Waals surface area contributed by atoms with Gasteiger partial charge in [0.05, 0.1) is 0 Å². The largest absolute Gasteiger partial charge is 0.299 e. The first-order chi connectivity index (χ1) is 13.6. The van der Waals surface area contributed by atoms with Gasteiger partial charge in [-0.1, -0.05) is 53.7 Å². The number of ketones is 1. The van der Waals surface area contributed by atoms with E-state index in [0.717, 1.165) is 36.0 Å². The third kappa shape index (κ3) is 2.54. The van der Waals surface area contributed by atoms with Crippen molar-refractivity contribution in [3.8, 4) is 0 Å². The van der Waals surface area contributed by atoms with Crippen LogP contribution in [-0.4, -0.2) is 5.78 Å². The maximum absolute atomic E-state index is 13.4. The fourth-order valence-electron chi connectivity index (χ4n) is 9.62. The minimum atomic E-state index is 0.142. The van der Waals surface area contributed by atoms with Crippen LogP contribution >= 0.6 is 0 Å². The van der Waals surface area contributed by atoms with Gasteiger partial charge in [0.15, 0.2) is 0 Å². The summed E-state index contributed by atoms with van der Waals surface area (Å²) in [5.41, 5.74) is 0.937. The van der Waals surface area contributed by atoms with Crippen LogP contribution < -0.4 is 0 Å². The maximum atomic E-state index is 13.4. The molecule has 5 fully saturated rings. The van der Waals surface area contributed by atoms with Crippen LogP contribution in [0.2, 0.25) is 0 Å². The van der Waals surface area contributed by atoms with Crippen LogP contribution in [-0.2, 0) is 4.79 Å². The second-order valence-electron chi connectivity index (χ2n) is 12.9. The van der Waals surface area contributed by atoms with Crippen molar-refractivity contribution in [1.82, 2.24) is 0 Å². The van der Waals surface area contributed by atoms with Crippen molar-refractivity contribution in [3.05, 3.63) is 12.2 Å². The smallest absolute Gasteiger partial charge is 0.140 e. The Hall–Kier alpha value is -0.590. The van der Waals surface area contributed by atoms with Crippen LogP contribution in [0.3, 0.4) is 0 Å². The minimum Gasteiger partial charge on any atom is -0.299 e. The van der Waals surface area contributed by atoms with Gasteiger partial charge in [0, 0.05) is 11.8 Å². The molecule has 0 saturated heterocycles. The number of Topliss-reactive ketones (excluding diaryl/α,β-unsaturated/α-hetero) is 1. The van der Waals surface area contributed by atoms with E-state index < -0.39 is 0 Å². The standard InChI is InChI=1S/C28H44O/c1-17(2)18(3)7-8-19(4)22-9-10-23-21-15-25(29)28-16-20(28)11-14-27(28,6)24(21)12-13-26(22,23)5/h7-8,17-24H,9-16H2,1-6H3/b8-7+/t18-,19+,20-,21-,22+,23-,24-,26+,27+,28-/m0/s1. The van der Waals surface area contributed by atoms with Gasteiger partial charge in [0.2, 0.25) is 0 Å². The van der Waals surface area contributed by atoms with Crippen LogP contribution in [0.25, 0.3) is 0 Å². The Kier molecular flexibility index (Phi) is 4.53. The van der Waals surface area contributed by atoms with E-state index in [-0.39, 0.29) is 5.41 Å². The number of allylic oxidation sites excluding steroid dienone is 2. The Balaban J connectivity index is 1.38. The summed E-state index contributed by atoms with van der Waals surface area (Å²) in [7, 11) is 0. The van der Waals surface area contributed by atoms with Gasteiger partial charge in [-0.15, -0.1) is 0 Å². The Labute approximate surface area is 179 Å². The molecule has 0 heterocycles. The summed E-state index contributed by atoms with van der Waals surface area (Å²) < 4.78 is 0. The Morgan fingerprint density at radius 3 is 2.38 bits per heavy atom. The lowest BCUT2D eigenvalue weighted by molar-refractivity contribution is -0.151. The van der Waals surface area contributed by atoms with Gasteiger partial charge in [-0.05, 0) is 103 Å². The predicted molar refractivity (Wildman–Crippen MR) is 120 cm³/mol. The quantitative estimate of drug-likeness (QED) is 0.455. The highest BCUT2D eigenvalue weighted by molar-refractivity contribution is 5.91. The van der Waals surface area contributed by atoms with Crippen LogP contribution in [0.4, 0.5) is 0 Å². The molecule has 162 valence electrons. The van der Waals surface area contributed by atoms with Crippen molar-refractivity contribution in [2.24, 2.45) is 63.6 Å². The molecule has 1 heteroatoms. The van der Waals surface area contributed by atoms with Crippen molar-refractivity contribution in [3.63, 3.8) is 0 Å². The molecule has 10 atom stereocenters. The summed E-state index contributed by atoms with van der Waals surface area (Å²) in [6, 6.07) is 0. The molecule has 0 aromatic carbocycles. The summed E-state index contributed by atoms with van der Waals surface area (Å²) in [6.45, 7) is 14.6. The third-order valence-electron chi connectivity index (χ3n) is 11.8. The first-order valence-corrected chi connectivity index (χ1v) is 12.9. The molecule has 0 aromatic rings. The molecule has 5 rings (SSSR count). The average molecular weight is 397 g/mol. The molecule has 5 aliphatic carbocycles. The van der Waals surface area contributed by atoms with Gasteiger partial charge in [0.25, 0.3) is 0 Å². The van der Waals surface area contributed by atoms with Gasteiger partial charge in [-0.25, -0.2) is 0 Å². The summed E-state index contributed by atoms with van der Waals surface area (Å²) in [4.78, 5) is 13.4. The van der Waals surface area contributed by atoms with Crippen molar-refractivity contribution >= 4 is 5.78 Å². The van der Waals surface area contributed by atoms with E-state index in [2.05, 4.69) is 53.7 Å². The van der Waals surface area contributed by atoms with Crippen LogP contribution in [0.15, 0.2) is 12.2 Å². The van der Waals surface area contributed by atoms with Crippen LogP contribution in [0.1, 0.15) is 92.9 Å². The lowest BCUT2D eigenvalue weighted by atomic mass is 9.45. The normalized spacial score (nSPS) is 52.8. The number of carbonyl (C=O) groups excluding carboxylic acids is 1. The van der Waals surface area contributed by atoms with E-state index in [9.17, 15) is 4.79 Å². The molecule has 5 aliphatic rings. The van der Waals surface area contributed by atoms with E-state index >= 15 is 0 Å². The van der Waals surface area contributed by atoms with E-state index in [1.54, 1.807) is 0 Å². The molecule has 0 aliphatic heterocycles. The predicted octanol–water partition coefficient (Wildman–Crippen LogP) is 7.31. The minimum absolute atomic E-state index is 0.142. The highest BCUT2D eigenvalue weighted by Gasteiger charge is 2.77. The molecule has 5 saturated carbocycles. The Bertz CT molecular complexity index is 720. The zero-order chi connectivity index (χ0) is 20.8. The van der Waals surface area contributed by atoms with Crippen molar-refractivity contribution < 1.29 is 4.79 Å². The summed E-state index contributed by atoms with van der Waals surface area (Å²) in [5, 5.41) is 0. The highest BCUT2D eigenvalue weighted by Crippen LogP contribution is 2.80.